The molecule has 0 saturated carbocycles. The maximum absolute atomic E-state index is 12.2. The van der Waals surface area contributed by atoms with Crippen LogP contribution in [0.25, 0.3) is 0 Å². The first-order valence-electron chi connectivity index (χ1n) is 9.17. The number of nitrogens with zero attached hydrogens (tertiary/aromatic N) is 1. The number of amides is 3. The number of non-ortho nitro benzene ring substituents is 1. The number of carbonyl (C=O) groups is 2. The van der Waals surface area contributed by atoms with E-state index in [9.17, 15) is 19.7 Å². The van der Waals surface area contributed by atoms with Crippen LogP contribution in [0.15, 0.2) is 72.8 Å². The third-order valence-corrected chi connectivity index (χ3v) is 4.25. The Kier molecular flexibility index (Phi) is 6.39. The predicted molar refractivity (Wildman–Crippen MR) is 115 cm³/mol. The molecule has 8 nitrogen and oxygen atoms in total. The first-order valence-corrected chi connectivity index (χ1v) is 9.17. The number of carbonyl (C=O) groups excluding carboxylic acids is 2. The molecule has 0 atom stereocenters. The summed E-state index contributed by atoms with van der Waals surface area (Å²) < 4.78 is 0. The van der Waals surface area contributed by atoms with E-state index < -0.39 is 4.92 Å². The van der Waals surface area contributed by atoms with E-state index in [0.717, 1.165) is 11.1 Å². The highest BCUT2D eigenvalue weighted by Gasteiger charge is 2.10. The molecule has 0 unspecified atom stereocenters. The summed E-state index contributed by atoms with van der Waals surface area (Å²) in [7, 11) is 0. The van der Waals surface area contributed by atoms with Gasteiger partial charge in [-0.05, 0) is 54.4 Å². The van der Waals surface area contributed by atoms with Gasteiger partial charge in [0.05, 0.1) is 4.92 Å². The average molecular weight is 404 g/mol. The summed E-state index contributed by atoms with van der Waals surface area (Å²) in [5.41, 5.74) is 3.36. The highest BCUT2D eigenvalue weighted by molar-refractivity contribution is 5.99. The van der Waals surface area contributed by atoms with E-state index in [1.54, 1.807) is 24.3 Å². The van der Waals surface area contributed by atoms with Crippen molar-refractivity contribution in [2.24, 2.45) is 0 Å². The number of anilines is 2. The number of nitrogens with one attached hydrogen (secondary N) is 3. The van der Waals surface area contributed by atoms with Gasteiger partial charge in [0.1, 0.15) is 0 Å². The molecule has 3 aromatic carbocycles. The third-order valence-electron chi connectivity index (χ3n) is 4.25. The van der Waals surface area contributed by atoms with E-state index in [1.165, 1.54) is 24.3 Å². The lowest BCUT2D eigenvalue weighted by molar-refractivity contribution is -0.384. The number of benzene rings is 3. The molecule has 0 aliphatic heterocycles. The Hall–Kier alpha value is -4.20. The fourth-order valence-electron chi connectivity index (χ4n) is 2.79. The van der Waals surface area contributed by atoms with Crippen LogP contribution in [-0.2, 0) is 6.54 Å². The van der Waals surface area contributed by atoms with E-state index in [4.69, 9.17) is 0 Å². The summed E-state index contributed by atoms with van der Waals surface area (Å²) in [6.45, 7) is 2.18. The smallest absolute Gasteiger partial charge is 0.323 e. The van der Waals surface area contributed by atoms with E-state index in [0.29, 0.717) is 16.9 Å². The normalized spacial score (nSPS) is 10.2. The highest BCUT2D eigenvalue weighted by Crippen LogP contribution is 2.14. The molecule has 152 valence electrons. The van der Waals surface area contributed by atoms with Crippen molar-refractivity contribution in [2.75, 3.05) is 10.6 Å². The van der Waals surface area contributed by atoms with Gasteiger partial charge >= 0.3 is 6.03 Å². The van der Waals surface area contributed by atoms with Crippen LogP contribution in [0.2, 0.25) is 0 Å². The zero-order valence-corrected chi connectivity index (χ0v) is 16.2. The highest BCUT2D eigenvalue weighted by atomic mass is 16.6. The van der Waals surface area contributed by atoms with Gasteiger partial charge in [-0.25, -0.2) is 4.79 Å². The SMILES string of the molecule is Cc1cccc(NC(=O)Nc2cccc(CNC(=O)c3ccc([N+](=O)[O-])cc3)c2)c1. The van der Waals surface area contributed by atoms with Gasteiger partial charge in [-0.2, -0.15) is 0 Å². The lowest BCUT2D eigenvalue weighted by Gasteiger charge is -2.10. The molecule has 8 heteroatoms. The number of rotatable bonds is 6. The van der Waals surface area contributed by atoms with Crippen LogP contribution in [0.3, 0.4) is 0 Å². The molecule has 0 heterocycles. The van der Waals surface area contributed by atoms with Crippen LogP contribution >= 0.6 is 0 Å². The number of hydrogen-bond acceptors (Lipinski definition) is 4. The van der Waals surface area contributed by atoms with Crippen LogP contribution in [0.4, 0.5) is 21.9 Å². The fraction of sp³-hybridized carbons (Fsp3) is 0.0909. The Morgan fingerprint density at radius 1 is 0.900 bits per heavy atom. The van der Waals surface area contributed by atoms with Gasteiger partial charge < -0.3 is 16.0 Å². The predicted octanol–water partition coefficient (Wildman–Crippen LogP) is 4.48. The number of hydrogen-bond donors (Lipinski definition) is 3. The lowest BCUT2D eigenvalue weighted by atomic mass is 10.1. The minimum absolute atomic E-state index is 0.0748. The Bertz CT molecular complexity index is 1080. The van der Waals surface area contributed by atoms with Crippen molar-refractivity contribution < 1.29 is 14.5 Å². The number of nitro benzene ring substituents is 1. The largest absolute Gasteiger partial charge is 0.348 e. The molecule has 0 fully saturated rings. The molecule has 0 spiro atoms. The number of aryl methyl sites for hydroxylation is 1. The lowest BCUT2D eigenvalue weighted by Crippen LogP contribution is -2.23. The summed E-state index contributed by atoms with van der Waals surface area (Å²) in [6, 6.07) is 19.6. The van der Waals surface area contributed by atoms with Crippen molar-refractivity contribution in [3.8, 4) is 0 Å². The van der Waals surface area contributed by atoms with Crippen molar-refractivity contribution in [1.82, 2.24) is 5.32 Å². The summed E-state index contributed by atoms with van der Waals surface area (Å²) >= 11 is 0. The van der Waals surface area contributed by atoms with Crippen molar-refractivity contribution in [2.45, 2.75) is 13.5 Å². The zero-order valence-electron chi connectivity index (χ0n) is 16.2. The van der Waals surface area contributed by atoms with Crippen LogP contribution in [0, 0.1) is 17.0 Å². The van der Waals surface area contributed by atoms with Crippen molar-refractivity contribution in [1.29, 1.82) is 0 Å². The van der Waals surface area contributed by atoms with Crippen LogP contribution in [-0.4, -0.2) is 16.9 Å². The second-order valence-corrected chi connectivity index (χ2v) is 6.64. The van der Waals surface area contributed by atoms with Crippen LogP contribution in [0.1, 0.15) is 21.5 Å². The Morgan fingerprint density at radius 2 is 1.53 bits per heavy atom. The second-order valence-electron chi connectivity index (χ2n) is 6.64. The maximum atomic E-state index is 12.2. The van der Waals surface area contributed by atoms with Gasteiger partial charge in [0.15, 0.2) is 0 Å². The molecule has 3 aromatic rings. The zero-order chi connectivity index (χ0) is 21.5. The second kappa shape index (κ2) is 9.33. The summed E-state index contributed by atoms with van der Waals surface area (Å²) in [5, 5.41) is 19.0. The first kappa shape index (κ1) is 20.5. The van der Waals surface area contributed by atoms with E-state index in [2.05, 4.69) is 16.0 Å². The molecule has 0 bridgehead atoms. The summed E-state index contributed by atoms with van der Waals surface area (Å²) in [6.07, 6.45) is 0. The summed E-state index contributed by atoms with van der Waals surface area (Å²) in [5.74, 6) is -0.347. The summed E-state index contributed by atoms with van der Waals surface area (Å²) in [4.78, 5) is 34.6. The Balaban J connectivity index is 1.56. The third kappa shape index (κ3) is 5.65. The molecule has 30 heavy (non-hydrogen) atoms. The standard InChI is InChI=1S/C22H20N4O4/c1-15-4-2-6-18(12-15)24-22(28)25-19-7-3-5-16(13-19)14-23-21(27)17-8-10-20(11-9-17)26(29)30/h2-13H,14H2,1H3,(H,23,27)(H2,24,25,28). The fourth-order valence-corrected chi connectivity index (χ4v) is 2.79. The van der Waals surface area contributed by atoms with Gasteiger partial charge in [0.2, 0.25) is 0 Å². The first-order chi connectivity index (χ1) is 14.4. The number of nitro groups is 1. The minimum atomic E-state index is -0.519. The van der Waals surface area contributed by atoms with Crippen LogP contribution in [0.5, 0.6) is 0 Å². The van der Waals surface area contributed by atoms with Gasteiger partial charge in [-0.1, -0.05) is 24.3 Å². The van der Waals surface area contributed by atoms with E-state index in [1.807, 2.05) is 31.2 Å². The molecule has 0 aliphatic rings. The van der Waals surface area contributed by atoms with Crippen molar-refractivity contribution in [3.63, 3.8) is 0 Å². The quantitative estimate of drug-likeness (QED) is 0.415. The Labute approximate surface area is 173 Å². The molecule has 3 N–H and O–H groups in total. The van der Waals surface area contributed by atoms with Gasteiger partial charge in [0, 0.05) is 35.6 Å². The number of urea groups is 1. The van der Waals surface area contributed by atoms with Crippen molar-refractivity contribution >= 4 is 29.0 Å². The maximum Gasteiger partial charge on any atom is 0.323 e. The molecule has 0 saturated heterocycles. The molecular weight excluding hydrogens is 384 g/mol. The van der Waals surface area contributed by atoms with Gasteiger partial charge in [0.25, 0.3) is 11.6 Å². The van der Waals surface area contributed by atoms with E-state index >= 15 is 0 Å². The molecule has 0 aliphatic carbocycles. The topological polar surface area (TPSA) is 113 Å². The molecule has 0 aromatic heterocycles. The Morgan fingerprint density at radius 3 is 2.17 bits per heavy atom. The average Bonchev–Trinajstić information content (AvgIpc) is 2.72. The van der Waals surface area contributed by atoms with Gasteiger partial charge in [-0.3, -0.25) is 14.9 Å². The molecular formula is C22H20N4O4. The minimum Gasteiger partial charge on any atom is -0.348 e. The van der Waals surface area contributed by atoms with Gasteiger partial charge in [-0.15, -0.1) is 0 Å². The molecule has 3 amide bonds. The van der Waals surface area contributed by atoms with Crippen molar-refractivity contribution in [3.05, 3.63) is 99.6 Å². The van der Waals surface area contributed by atoms with Crippen LogP contribution < -0.4 is 16.0 Å². The molecule has 3 rings (SSSR count). The van der Waals surface area contributed by atoms with E-state index in [-0.39, 0.29) is 24.2 Å². The monoisotopic (exact) mass is 404 g/mol. The molecule has 0 radical (unpaired) electrons.